The van der Waals surface area contributed by atoms with Gasteiger partial charge < -0.3 is 5.32 Å². The van der Waals surface area contributed by atoms with E-state index in [1.54, 1.807) is 13.0 Å². The Kier molecular flexibility index (Phi) is 6.52. The van der Waals surface area contributed by atoms with Gasteiger partial charge in [0.1, 0.15) is 11.6 Å². The summed E-state index contributed by atoms with van der Waals surface area (Å²) >= 11 is 1.10. The molecule has 0 fully saturated rings. The van der Waals surface area contributed by atoms with Crippen LogP contribution in [0, 0.1) is 21.7 Å². The number of thiazole rings is 1. The molecule has 8 nitrogen and oxygen atoms in total. The molecule has 38 heavy (non-hydrogen) atoms. The van der Waals surface area contributed by atoms with E-state index in [-0.39, 0.29) is 11.3 Å². The van der Waals surface area contributed by atoms with Crippen LogP contribution in [0.2, 0.25) is 0 Å². The Bertz CT molecular complexity index is 1780. The van der Waals surface area contributed by atoms with Crippen LogP contribution in [0.15, 0.2) is 93.9 Å². The Morgan fingerprint density at radius 1 is 1.03 bits per heavy atom. The van der Waals surface area contributed by atoms with E-state index in [1.807, 2.05) is 0 Å². The summed E-state index contributed by atoms with van der Waals surface area (Å²) in [5.41, 5.74) is 1.45. The number of carbonyl (C=O) groups excluding carboxylic acids is 1. The van der Waals surface area contributed by atoms with E-state index in [2.05, 4.69) is 10.3 Å². The molecular weight excluding hydrogens is 514 g/mol. The predicted molar refractivity (Wildman–Crippen MR) is 138 cm³/mol. The molecule has 11 heteroatoms. The first-order valence-electron chi connectivity index (χ1n) is 11.3. The number of nitro groups is 1. The van der Waals surface area contributed by atoms with Crippen LogP contribution in [0.1, 0.15) is 24.1 Å². The third-order valence-electron chi connectivity index (χ3n) is 5.96. The number of anilines is 1. The van der Waals surface area contributed by atoms with Crippen LogP contribution in [0.5, 0.6) is 0 Å². The molecule has 4 aromatic rings. The Morgan fingerprint density at radius 2 is 1.63 bits per heavy atom. The molecule has 0 aliphatic carbocycles. The molecule has 0 saturated carbocycles. The van der Waals surface area contributed by atoms with Crippen molar-refractivity contribution in [3.05, 3.63) is 137 Å². The highest BCUT2D eigenvalue weighted by Crippen LogP contribution is 2.31. The molecule has 1 aliphatic heterocycles. The number of amides is 1. The number of hydrogen-bond acceptors (Lipinski definition) is 6. The summed E-state index contributed by atoms with van der Waals surface area (Å²) in [7, 11) is 0. The quantitative estimate of drug-likeness (QED) is 0.309. The largest absolute Gasteiger partial charge is 0.322 e. The van der Waals surface area contributed by atoms with Crippen molar-refractivity contribution in [3.63, 3.8) is 0 Å². The SMILES string of the molecule is CC1=C(C(=O)Nc2ccc(F)cc2)C(c2ccc(F)cc2)n2c(s/c(=C/c3ccc([N+](=O)[O-])cc3)c2=O)=N1. The van der Waals surface area contributed by atoms with Crippen LogP contribution in [-0.4, -0.2) is 15.4 Å². The molecular formula is C27H18F2N4O4S. The number of non-ortho nitro benzene ring substituents is 1. The molecule has 0 bridgehead atoms. The number of benzene rings is 3. The number of allylic oxidation sites excluding steroid dienone is 1. The Morgan fingerprint density at radius 3 is 2.24 bits per heavy atom. The second-order valence-electron chi connectivity index (χ2n) is 8.44. The van der Waals surface area contributed by atoms with Gasteiger partial charge in [-0.25, -0.2) is 13.8 Å². The number of aromatic nitrogens is 1. The van der Waals surface area contributed by atoms with E-state index in [1.165, 1.54) is 77.4 Å². The Balaban J connectivity index is 1.63. The molecule has 1 atom stereocenters. The van der Waals surface area contributed by atoms with Gasteiger partial charge in [0.15, 0.2) is 4.80 Å². The minimum absolute atomic E-state index is 0.0765. The van der Waals surface area contributed by atoms with Gasteiger partial charge in [-0.3, -0.25) is 24.3 Å². The van der Waals surface area contributed by atoms with E-state index < -0.39 is 34.1 Å². The third kappa shape index (κ3) is 4.78. The average molecular weight is 533 g/mol. The summed E-state index contributed by atoms with van der Waals surface area (Å²) in [5, 5.41) is 13.7. The van der Waals surface area contributed by atoms with Crippen molar-refractivity contribution in [1.29, 1.82) is 0 Å². The van der Waals surface area contributed by atoms with Gasteiger partial charge >= 0.3 is 0 Å². The van der Waals surface area contributed by atoms with Gasteiger partial charge in [0, 0.05) is 17.8 Å². The number of carbonyl (C=O) groups is 1. The maximum Gasteiger partial charge on any atom is 0.271 e. The van der Waals surface area contributed by atoms with Gasteiger partial charge in [-0.15, -0.1) is 0 Å². The standard InChI is InChI=1S/C27H18F2N4O4S/c1-15-23(25(34)31-20-10-8-19(29)9-11-20)24(17-4-6-18(28)7-5-17)32-26(35)22(38-27(32)30-15)14-16-2-12-21(13-3-16)33(36)37/h2-14,24H,1H3,(H,31,34)/b22-14+. The van der Waals surface area contributed by atoms with E-state index in [0.29, 0.717) is 31.8 Å². The molecule has 5 rings (SSSR count). The number of nitro benzene ring substituents is 1. The van der Waals surface area contributed by atoms with Gasteiger partial charge in [0.25, 0.3) is 17.2 Å². The van der Waals surface area contributed by atoms with Crippen LogP contribution in [0.3, 0.4) is 0 Å². The van der Waals surface area contributed by atoms with Crippen LogP contribution in [-0.2, 0) is 4.79 Å². The second-order valence-corrected chi connectivity index (χ2v) is 9.45. The summed E-state index contributed by atoms with van der Waals surface area (Å²) in [6.07, 6.45) is 1.59. The minimum Gasteiger partial charge on any atom is -0.322 e. The number of nitrogens with one attached hydrogen (secondary N) is 1. The summed E-state index contributed by atoms with van der Waals surface area (Å²) in [5.74, 6) is -1.48. The smallest absolute Gasteiger partial charge is 0.271 e. The van der Waals surface area contributed by atoms with Crippen LogP contribution in [0.4, 0.5) is 20.2 Å². The van der Waals surface area contributed by atoms with Gasteiger partial charge in [-0.2, -0.15) is 0 Å². The molecule has 1 N–H and O–H groups in total. The fraction of sp³-hybridized carbons (Fsp3) is 0.0741. The Labute approximate surface area is 217 Å². The molecule has 0 spiro atoms. The molecule has 0 saturated heterocycles. The van der Waals surface area contributed by atoms with E-state index in [4.69, 9.17) is 0 Å². The average Bonchev–Trinajstić information content (AvgIpc) is 3.19. The first-order chi connectivity index (χ1) is 18.2. The molecule has 2 heterocycles. The number of nitrogens with zero attached hydrogens (tertiary/aromatic N) is 3. The predicted octanol–water partition coefficient (Wildman–Crippen LogP) is 4.06. The van der Waals surface area contributed by atoms with Crippen molar-refractivity contribution in [2.45, 2.75) is 13.0 Å². The lowest BCUT2D eigenvalue weighted by Crippen LogP contribution is -2.40. The lowest BCUT2D eigenvalue weighted by Gasteiger charge is -2.25. The Hall–Kier alpha value is -4.77. The minimum atomic E-state index is -0.911. The van der Waals surface area contributed by atoms with Crippen molar-refractivity contribution in [2.75, 3.05) is 5.32 Å². The van der Waals surface area contributed by atoms with Crippen LogP contribution >= 0.6 is 11.3 Å². The summed E-state index contributed by atoms with van der Waals surface area (Å²) in [6, 6.07) is 15.5. The number of hydrogen-bond donors (Lipinski definition) is 1. The highest BCUT2D eigenvalue weighted by molar-refractivity contribution is 7.07. The lowest BCUT2D eigenvalue weighted by atomic mass is 9.95. The topological polar surface area (TPSA) is 107 Å². The van der Waals surface area contributed by atoms with Gasteiger partial charge in [-0.05, 0) is 72.7 Å². The van der Waals surface area contributed by atoms with Crippen molar-refractivity contribution >= 4 is 34.7 Å². The normalized spacial score (nSPS) is 15.1. The monoisotopic (exact) mass is 532 g/mol. The molecule has 1 unspecified atom stereocenters. The first kappa shape index (κ1) is 24.9. The highest BCUT2D eigenvalue weighted by Gasteiger charge is 2.32. The summed E-state index contributed by atoms with van der Waals surface area (Å²) < 4.78 is 28.8. The van der Waals surface area contributed by atoms with E-state index in [0.717, 1.165) is 11.3 Å². The van der Waals surface area contributed by atoms with Crippen molar-refractivity contribution in [2.24, 2.45) is 4.99 Å². The highest BCUT2D eigenvalue weighted by atomic mass is 32.1. The first-order valence-corrected chi connectivity index (χ1v) is 12.1. The molecule has 1 aromatic heterocycles. The molecule has 1 amide bonds. The zero-order valence-corrected chi connectivity index (χ0v) is 20.5. The summed E-state index contributed by atoms with van der Waals surface area (Å²) in [4.78, 5) is 42.4. The van der Waals surface area contributed by atoms with E-state index in [9.17, 15) is 28.5 Å². The van der Waals surface area contributed by atoms with E-state index >= 15 is 0 Å². The second kappa shape index (κ2) is 9.94. The van der Waals surface area contributed by atoms with Crippen LogP contribution in [0.25, 0.3) is 6.08 Å². The van der Waals surface area contributed by atoms with Gasteiger partial charge in [0.2, 0.25) is 0 Å². The number of fused-ring (bicyclic) bond motifs is 1. The zero-order chi connectivity index (χ0) is 27.0. The van der Waals surface area contributed by atoms with Crippen molar-refractivity contribution in [1.82, 2.24) is 4.57 Å². The number of halogens is 2. The maximum atomic E-state index is 13.8. The van der Waals surface area contributed by atoms with Crippen molar-refractivity contribution in [3.8, 4) is 0 Å². The van der Waals surface area contributed by atoms with Gasteiger partial charge in [-0.1, -0.05) is 23.5 Å². The van der Waals surface area contributed by atoms with Crippen molar-refractivity contribution < 1.29 is 18.5 Å². The molecule has 1 aliphatic rings. The lowest BCUT2D eigenvalue weighted by molar-refractivity contribution is -0.384. The van der Waals surface area contributed by atoms with Gasteiger partial charge in [0.05, 0.1) is 26.8 Å². The summed E-state index contributed by atoms with van der Waals surface area (Å²) in [6.45, 7) is 1.64. The molecule has 0 radical (unpaired) electrons. The molecule has 3 aromatic carbocycles. The fourth-order valence-corrected chi connectivity index (χ4v) is 5.19. The zero-order valence-electron chi connectivity index (χ0n) is 19.7. The number of rotatable bonds is 5. The maximum absolute atomic E-state index is 13.8. The third-order valence-corrected chi connectivity index (χ3v) is 6.94. The molecule has 190 valence electrons. The fourth-order valence-electron chi connectivity index (χ4n) is 4.15. The van der Waals surface area contributed by atoms with Crippen LogP contribution < -0.4 is 20.2 Å².